The summed E-state index contributed by atoms with van der Waals surface area (Å²) in [6, 6.07) is 7.24. The number of anilines is 2. The summed E-state index contributed by atoms with van der Waals surface area (Å²) in [5, 5.41) is 4.38. The highest BCUT2D eigenvalue weighted by atomic mass is 19.1. The van der Waals surface area contributed by atoms with Gasteiger partial charge < -0.3 is 9.32 Å². The van der Waals surface area contributed by atoms with Gasteiger partial charge >= 0.3 is 5.69 Å². The number of furan rings is 1. The minimum Gasteiger partial charge on any atom is -0.463 e. The molecule has 3 aromatic heterocycles. The second kappa shape index (κ2) is 9.16. The van der Waals surface area contributed by atoms with E-state index < -0.39 is 11.6 Å². The van der Waals surface area contributed by atoms with Crippen LogP contribution >= 0.6 is 0 Å². The molecule has 1 fully saturated rings. The fraction of sp³-hybridized carbons (Fsp3) is 0.375. The monoisotopic (exact) mass is 511 g/mol. The second-order valence-corrected chi connectivity index (χ2v) is 9.16. The molecule has 1 saturated heterocycles. The zero-order valence-electron chi connectivity index (χ0n) is 20.3. The van der Waals surface area contributed by atoms with Gasteiger partial charge in [0.15, 0.2) is 11.6 Å². The molecule has 3 N–H and O–H groups in total. The van der Waals surface area contributed by atoms with Crippen molar-refractivity contribution in [3.05, 3.63) is 70.2 Å². The van der Waals surface area contributed by atoms with Crippen LogP contribution in [-0.2, 0) is 6.54 Å². The number of imidazole rings is 1. The summed E-state index contributed by atoms with van der Waals surface area (Å²) in [5.74, 6) is 6.73. The van der Waals surface area contributed by atoms with E-state index in [4.69, 9.17) is 20.2 Å². The molecule has 0 saturated carbocycles. The van der Waals surface area contributed by atoms with E-state index in [1.54, 1.807) is 21.4 Å². The Morgan fingerprint density at radius 1 is 1.16 bits per heavy atom. The van der Waals surface area contributed by atoms with Crippen LogP contribution in [0.1, 0.15) is 24.8 Å². The first-order valence-electron chi connectivity index (χ1n) is 12.2. The Balaban J connectivity index is 1.22. The molecule has 37 heavy (non-hydrogen) atoms. The minimum atomic E-state index is -0.589. The number of hydrogen-bond acceptors (Lipinski definition) is 8. The van der Waals surface area contributed by atoms with E-state index in [-0.39, 0.29) is 11.9 Å². The van der Waals surface area contributed by atoms with Crippen molar-refractivity contribution in [1.82, 2.24) is 24.1 Å². The van der Waals surface area contributed by atoms with Crippen LogP contribution in [0.2, 0.25) is 0 Å². The summed E-state index contributed by atoms with van der Waals surface area (Å²) in [7, 11) is 0. The van der Waals surface area contributed by atoms with Crippen LogP contribution in [0.3, 0.4) is 0 Å². The maximum atomic E-state index is 14.2. The molecule has 1 unspecified atom stereocenters. The zero-order valence-corrected chi connectivity index (χ0v) is 20.3. The third-order valence-corrected chi connectivity index (χ3v) is 6.99. The van der Waals surface area contributed by atoms with Crippen LogP contribution in [0.25, 0.3) is 5.78 Å². The van der Waals surface area contributed by atoms with E-state index in [9.17, 15) is 13.6 Å². The lowest BCUT2D eigenvalue weighted by molar-refractivity contribution is 0.247. The van der Waals surface area contributed by atoms with Crippen molar-refractivity contribution in [3.63, 3.8) is 0 Å². The van der Waals surface area contributed by atoms with Crippen molar-refractivity contribution >= 4 is 23.0 Å². The van der Waals surface area contributed by atoms with Gasteiger partial charge in [0.05, 0.1) is 12.0 Å². The maximum absolute atomic E-state index is 14.2. The molecule has 13 heteroatoms. The number of rotatable bonds is 6. The average molecular weight is 512 g/mol. The standard InChI is InChI=1S/C24H27F2N9O2/c1-2-19-28-20(18-4-3-13-37-18)21-22(34(19)27)29-23-33(24(36)30-35(21)23)12-9-31-7-10-32(11-8-31)17-6-5-15(25)14-16(17)26/h3-6,13-14,19H,2,7-12,27H2,1H3,(H,30,36). The minimum absolute atomic E-state index is 0.294. The van der Waals surface area contributed by atoms with Crippen molar-refractivity contribution in [1.29, 1.82) is 0 Å². The largest absolute Gasteiger partial charge is 0.463 e. The van der Waals surface area contributed by atoms with Gasteiger partial charge in [0.2, 0.25) is 5.78 Å². The van der Waals surface area contributed by atoms with E-state index in [1.807, 2.05) is 17.9 Å². The van der Waals surface area contributed by atoms with Crippen LogP contribution in [0.15, 0.2) is 50.8 Å². The first-order valence-corrected chi connectivity index (χ1v) is 12.2. The molecule has 11 nitrogen and oxygen atoms in total. The molecule has 6 rings (SSSR count). The van der Waals surface area contributed by atoms with Crippen LogP contribution in [-0.4, -0.2) is 68.7 Å². The second-order valence-electron chi connectivity index (χ2n) is 9.16. The van der Waals surface area contributed by atoms with E-state index in [0.29, 0.717) is 80.1 Å². The van der Waals surface area contributed by atoms with Gasteiger partial charge in [-0.15, -0.1) is 0 Å². The number of H-pyrrole nitrogens is 1. The molecule has 194 valence electrons. The Kier molecular flexibility index (Phi) is 5.80. The van der Waals surface area contributed by atoms with Crippen LogP contribution in [0.5, 0.6) is 0 Å². The lowest BCUT2D eigenvalue weighted by atomic mass is 10.1. The topological polar surface area (TPSA) is 116 Å². The number of fused-ring (bicyclic) bond motifs is 3. The molecular formula is C24H27F2N9O2. The van der Waals surface area contributed by atoms with Crippen molar-refractivity contribution in [2.24, 2.45) is 10.8 Å². The van der Waals surface area contributed by atoms with Gasteiger partial charge in [-0.1, -0.05) is 6.92 Å². The number of halogens is 2. The Bertz CT molecular complexity index is 1510. The Labute approximate surface area is 210 Å². The van der Waals surface area contributed by atoms with Gasteiger partial charge in [-0.3, -0.25) is 19.5 Å². The smallest absolute Gasteiger partial charge is 0.343 e. The molecular weight excluding hydrogens is 484 g/mol. The molecule has 1 atom stereocenters. The number of aliphatic imine (C=N–C) groups is 1. The summed E-state index contributed by atoms with van der Waals surface area (Å²) in [6.07, 6.45) is 1.94. The highest BCUT2D eigenvalue weighted by Gasteiger charge is 2.34. The first kappa shape index (κ1) is 23.4. The quantitative estimate of drug-likeness (QED) is 0.379. The van der Waals surface area contributed by atoms with E-state index in [1.165, 1.54) is 17.1 Å². The Hall–Kier alpha value is -3.97. The first-order chi connectivity index (χ1) is 17.9. The number of benzene rings is 1. The number of aromatic nitrogens is 4. The molecule has 0 spiro atoms. The number of hydrogen-bond donors (Lipinski definition) is 2. The Morgan fingerprint density at radius 2 is 1.97 bits per heavy atom. The van der Waals surface area contributed by atoms with Crippen molar-refractivity contribution in [2.75, 3.05) is 42.6 Å². The highest BCUT2D eigenvalue weighted by molar-refractivity contribution is 6.14. The fourth-order valence-electron chi connectivity index (χ4n) is 5.01. The van der Waals surface area contributed by atoms with Gasteiger partial charge in [0.25, 0.3) is 0 Å². The normalized spacial score (nSPS) is 18.5. The van der Waals surface area contributed by atoms with Gasteiger partial charge in [-0.2, -0.15) is 4.98 Å². The predicted molar refractivity (Wildman–Crippen MR) is 134 cm³/mol. The Morgan fingerprint density at radius 3 is 2.68 bits per heavy atom. The summed E-state index contributed by atoms with van der Waals surface area (Å²) in [4.78, 5) is 26.5. The summed E-state index contributed by atoms with van der Waals surface area (Å²) in [6.45, 7) is 5.56. The predicted octanol–water partition coefficient (Wildman–Crippen LogP) is 1.78. The number of nitrogens with zero attached hydrogens (tertiary/aromatic N) is 7. The van der Waals surface area contributed by atoms with E-state index in [2.05, 4.69) is 10.00 Å². The van der Waals surface area contributed by atoms with Gasteiger partial charge in [0.1, 0.15) is 29.2 Å². The van der Waals surface area contributed by atoms with Crippen LogP contribution < -0.4 is 21.4 Å². The molecule has 5 heterocycles. The molecule has 0 amide bonds. The average Bonchev–Trinajstić information content (AvgIpc) is 3.61. The number of aromatic amines is 1. The molecule has 2 aliphatic heterocycles. The number of nitrogens with one attached hydrogen (secondary N) is 1. The lowest BCUT2D eigenvalue weighted by Gasteiger charge is -2.36. The van der Waals surface area contributed by atoms with Gasteiger partial charge in [-0.25, -0.2) is 29.0 Å². The third-order valence-electron chi connectivity index (χ3n) is 6.99. The fourth-order valence-corrected chi connectivity index (χ4v) is 5.01. The number of nitrogens with two attached hydrogens (primary N) is 1. The van der Waals surface area contributed by atoms with Gasteiger partial charge in [0, 0.05) is 45.3 Å². The highest BCUT2D eigenvalue weighted by Crippen LogP contribution is 2.30. The lowest BCUT2D eigenvalue weighted by Crippen LogP contribution is -2.47. The third kappa shape index (κ3) is 4.00. The van der Waals surface area contributed by atoms with Crippen LogP contribution in [0.4, 0.5) is 20.3 Å². The molecule has 1 aromatic carbocycles. The van der Waals surface area contributed by atoms with Crippen LogP contribution in [0, 0.1) is 11.6 Å². The van der Waals surface area contributed by atoms with Crippen molar-refractivity contribution in [2.45, 2.75) is 26.1 Å². The summed E-state index contributed by atoms with van der Waals surface area (Å²) >= 11 is 0. The molecule has 4 aromatic rings. The van der Waals surface area contributed by atoms with Crippen molar-refractivity contribution in [3.8, 4) is 0 Å². The SMILES string of the molecule is CCC1N=C(c2ccco2)c2c(nc3n(CCN4CCN(c5ccc(F)cc5F)CC4)c(=O)[nH]n23)N1N. The molecule has 0 radical (unpaired) electrons. The molecule has 2 aliphatic rings. The molecule has 0 bridgehead atoms. The van der Waals surface area contributed by atoms with E-state index in [0.717, 1.165) is 6.07 Å². The van der Waals surface area contributed by atoms with Gasteiger partial charge in [-0.05, 0) is 30.7 Å². The van der Waals surface area contributed by atoms with Crippen molar-refractivity contribution < 1.29 is 13.2 Å². The summed E-state index contributed by atoms with van der Waals surface area (Å²) < 4.78 is 36.2. The zero-order chi connectivity index (χ0) is 25.7. The van der Waals surface area contributed by atoms with E-state index >= 15 is 0 Å². The molecule has 0 aliphatic carbocycles. The number of piperazine rings is 1. The summed E-state index contributed by atoms with van der Waals surface area (Å²) in [5.41, 5.74) is 1.26. The maximum Gasteiger partial charge on any atom is 0.343 e. The number of hydrazine groups is 1.